The highest BCUT2D eigenvalue weighted by molar-refractivity contribution is 5.81. The molecule has 180 valence electrons. The monoisotopic (exact) mass is 465 g/mol. The van der Waals surface area contributed by atoms with Crippen LogP contribution in [-0.4, -0.2) is 46.8 Å². The van der Waals surface area contributed by atoms with Crippen molar-refractivity contribution in [2.24, 2.45) is 0 Å². The van der Waals surface area contributed by atoms with E-state index in [1.165, 1.54) is 6.07 Å². The maximum atomic E-state index is 15.1. The third kappa shape index (κ3) is 4.98. The van der Waals surface area contributed by atoms with Gasteiger partial charge in [0, 0.05) is 35.7 Å². The third-order valence-corrected chi connectivity index (χ3v) is 6.04. The third-order valence-electron chi connectivity index (χ3n) is 6.04. The van der Waals surface area contributed by atoms with E-state index in [0.717, 1.165) is 29.7 Å². The minimum atomic E-state index is -0.537. The van der Waals surface area contributed by atoms with Crippen molar-refractivity contribution in [2.45, 2.75) is 59.0 Å². The lowest BCUT2D eigenvalue weighted by Crippen LogP contribution is -2.42. The van der Waals surface area contributed by atoms with E-state index in [1.54, 1.807) is 12.0 Å². The number of nitrogens with zero attached hydrogens (tertiary/aromatic N) is 3. The molecule has 7 heteroatoms. The maximum absolute atomic E-state index is 15.1. The van der Waals surface area contributed by atoms with Crippen LogP contribution in [0.4, 0.5) is 9.18 Å². The molecule has 4 rings (SSSR count). The summed E-state index contributed by atoms with van der Waals surface area (Å²) in [5, 5.41) is 0.633. The lowest BCUT2D eigenvalue weighted by Gasteiger charge is -2.34. The van der Waals surface area contributed by atoms with Crippen molar-refractivity contribution in [1.82, 2.24) is 14.9 Å². The number of amides is 1. The fourth-order valence-corrected chi connectivity index (χ4v) is 4.55. The van der Waals surface area contributed by atoms with Crippen LogP contribution in [0, 0.1) is 19.7 Å². The fourth-order valence-electron chi connectivity index (χ4n) is 4.55. The van der Waals surface area contributed by atoms with Gasteiger partial charge in [0.05, 0.1) is 7.11 Å². The zero-order valence-corrected chi connectivity index (χ0v) is 20.7. The number of rotatable bonds is 3. The van der Waals surface area contributed by atoms with Gasteiger partial charge in [-0.05, 0) is 82.9 Å². The highest BCUT2D eigenvalue weighted by atomic mass is 19.1. The number of piperidine rings is 1. The number of aryl methyl sites for hydroxylation is 2. The molecule has 0 bridgehead atoms. The Morgan fingerprint density at radius 3 is 2.62 bits per heavy atom. The molecule has 0 saturated carbocycles. The van der Waals surface area contributed by atoms with Gasteiger partial charge in [-0.25, -0.2) is 19.2 Å². The summed E-state index contributed by atoms with van der Waals surface area (Å²) in [6, 6.07) is 9.10. The second-order valence-corrected chi connectivity index (χ2v) is 10.0. The zero-order valence-electron chi connectivity index (χ0n) is 20.7. The topological polar surface area (TPSA) is 64.6 Å². The van der Waals surface area contributed by atoms with Crippen LogP contribution in [0.5, 0.6) is 5.75 Å². The van der Waals surface area contributed by atoms with Crippen molar-refractivity contribution in [1.29, 1.82) is 0 Å². The van der Waals surface area contributed by atoms with E-state index >= 15 is 4.39 Å². The van der Waals surface area contributed by atoms with Crippen LogP contribution in [0.25, 0.3) is 22.3 Å². The molecule has 1 amide bonds. The van der Waals surface area contributed by atoms with Gasteiger partial charge in [-0.3, -0.25) is 0 Å². The number of hydrogen-bond donors (Lipinski definition) is 0. The molecule has 0 spiro atoms. The average molecular weight is 466 g/mol. The molecular weight excluding hydrogens is 433 g/mol. The van der Waals surface area contributed by atoms with Crippen LogP contribution in [0.15, 0.2) is 30.3 Å². The number of aromatic nitrogens is 2. The molecule has 1 aromatic carbocycles. The van der Waals surface area contributed by atoms with Crippen molar-refractivity contribution >= 4 is 17.1 Å². The van der Waals surface area contributed by atoms with Crippen LogP contribution in [0.3, 0.4) is 0 Å². The molecule has 1 aliphatic rings. The predicted octanol–water partition coefficient (Wildman–Crippen LogP) is 6.18. The van der Waals surface area contributed by atoms with E-state index < -0.39 is 11.4 Å². The Morgan fingerprint density at radius 1 is 1.15 bits per heavy atom. The number of ether oxygens (including phenoxy) is 2. The second kappa shape index (κ2) is 9.20. The van der Waals surface area contributed by atoms with E-state index in [0.29, 0.717) is 35.4 Å². The number of halogens is 1. The highest BCUT2D eigenvalue weighted by Gasteiger charge is 2.29. The minimum Gasteiger partial charge on any atom is -0.496 e. The maximum Gasteiger partial charge on any atom is 0.410 e. The number of likely N-dealkylation sites (tertiary alicyclic amines) is 1. The number of carbonyl (C=O) groups excluding carboxylic acids is 1. The first kappa shape index (κ1) is 23.9. The first-order chi connectivity index (χ1) is 16.1. The molecule has 1 fully saturated rings. The molecule has 2 aromatic heterocycles. The molecule has 6 nitrogen and oxygen atoms in total. The standard InChI is InChI=1S/C27H32FN3O3/c1-16-12-17(2)23(22(13-16)33-6)24-20(28)14-18-9-10-21(29-25(18)30-24)19-8-7-11-31(15-19)26(32)34-27(3,4)5/h9-10,12-14,19H,7-8,11,15H2,1-6H3. The largest absolute Gasteiger partial charge is 0.496 e. The zero-order chi connectivity index (χ0) is 24.6. The van der Waals surface area contributed by atoms with Crippen LogP contribution in [-0.2, 0) is 4.74 Å². The first-order valence-electron chi connectivity index (χ1n) is 11.7. The normalized spacial score (nSPS) is 16.6. The lowest BCUT2D eigenvalue weighted by molar-refractivity contribution is 0.0197. The summed E-state index contributed by atoms with van der Waals surface area (Å²) in [5.41, 5.74) is 3.57. The summed E-state index contributed by atoms with van der Waals surface area (Å²) in [7, 11) is 1.58. The summed E-state index contributed by atoms with van der Waals surface area (Å²) in [4.78, 5) is 23.8. The number of benzene rings is 1. The molecule has 34 heavy (non-hydrogen) atoms. The van der Waals surface area contributed by atoms with Crippen molar-refractivity contribution in [3.63, 3.8) is 0 Å². The summed E-state index contributed by atoms with van der Waals surface area (Å²) in [6.45, 7) is 10.7. The summed E-state index contributed by atoms with van der Waals surface area (Å²) in [6.07, 6.45) is 1.48. The molecule has 0 N–H and O–H groups in total. The lowest BCUT2D eigenvalue weighted by atomic mass is 9.94. The van der Waals surface area contributed by atoms with E-state index in [4.69, 9.17) is 14.5 Å². The van der Waals surface area contributed by atoms with Crippen LogP contribution >= 0.6 is 0 Å². The minimum absolute atomic E-state index is 0.0663. The van der Waals surface area contributed by atoms with E-state index in [9.17, 15) is 4.79 Å². The van der Waals surface area contributed by atoms with Gasteiger partial charge < -0.3 is 14.4 Å². The van der Waals surface area contributed by atoms with Gasteiger partial charge in [-0.15, -0.1) is 0 Å². The van der Waals surface area contributed by atoms with Gasteiger partial charge in [0.1, 0.15) is 22.9 Å². The molecule has 0 radical (unpaired) electrons. The fraction of sp³-hybridized carbons (Fsp3) is 0.444. The van der Waals surface area contributed by atoms with Crippen molar-refractivity contribution in [2.75, 3.05) is 20.2 Å². The van der Waals surface area contributed by atoms with Gasteiger partial charge >= 0.3 is 6.09 Å². The molecule has 1 unspecified atom stereocenters. The Kier molecular flexibility index (Phi) is 6.47. The number of hydrogen-bond acceptors (Lipinski definition) is 5. The number of fused-ring (bicyclic) bond motifs is 1. The van der Waals surface area contributed by atoms with Crippen LogP contribution < -0.4 is 4.74 Å². The molecule has 3 heterocycles. The van der Waals surface area contributed by atoms with Crippen molar-refractivity contribution in [3.8, 4) is 17.0 Å². The van der Waals surface area contributed by atoms with E-state index in [-0.39, 0.29) is 17.7 Å². The summed E-state index contributed by atoms with van der Waals surface area (Å²) < 4.78 is 26.2. The van der Waals surface area contributed by atoms with Gasteiger partial charge in [0.25, 0.3) is 0 Å². The average Bonchev–Trinajstić information content (AvgIpc) is 2.77. The molecule has 1 atom stereocenters. The van der Waals surface area contributed by atoms with Crippen molar-refractivity contribution < 1.29 is 18.7 Å². The Bertz CT molecular complexity index is 1240. The smallest absolute Gasteiger partial charge is 0.410 e. The molecule has 1 aliphatic heterocycles. The summed E-state index contributed by atoms with van der Waals surface area (Å²) in [5.74, 6) is 0.234. The Morgan fingerprint density at radius 2 is 1.91 bits per heavy atom. The number of methoxy groups -OCH3 is 1. The molecule has 1 saturated heterocycles. The molecule has 3 aromatic rings. The van der Waals surface area contributed by atoms with Gasteiger partial charge in [0.15, 0.2) is 5.65 Å². The van der Waals surface area contributed by atoms with Gasteiger partial charge in [-0.2, -0.15) is 0 Å². The SMILES string of the molecule is COc1cc(C)cc(C)c1-c1nc2nc(C3CCCN(C(=O)OC(C)(C)C)C3)ccc2cc1F. The molecule has 0 aliphatic carbocycles. The predicted molar refractivity (Wildman–Crippen MR) is 131 cm³/mol. The van der Waals surface area contributed by atoms with Gasteiger partial charge in [0.2, 0.25) is 0 Å². The van der Waals surface area contributed by atoms with Crippen molar-refractivity contribution in [3.05, 3.63) is 53.0 Å². The van der Waals surface area contributed by atoms with E-state index in [1.807, 2.05) is 58.9 Å². The Hall–Kier alpha value is -3.22. The van der Waals surface area contributed by atoms with Gasteiger partial charge in [-0.1, -0.05) is 6.07 Å². The molecular formula is C27H32FN3O3. The Balaban J connectivity index is 1.68. The number of pyridine rings is 2. The quantitative estimate of drug-likeness (QED) is 0.462. The number of carbonyl (C=O) groups is 1. The first-order valence-corrected chi connectivity index (χ1v) is 11.7. The summed E-state index contributed by atoms with van der Waals surface area (Å²) >= 11 is 0. The second-order valence-electron chi connectivity index (χ2n) is 10.0. The van der Waals surface area contributed by atoms with E-state index in [2.05, 4.69) is 4.98 Å². The Labute approximate surface area is 200 Å². The van der Waals surface area contributed by atoms with Crippen LogP contribution in [0.2, 0.25) is 0 Å². The highest BCUT2D eigenvalue weighted by Crippen LogP contribution is 2.36. The van der Waals surface area contributed by atoms with Crippen LogP contribution in [0.1, 0.15) is 56.4 Å².